The van der Waals surface area contributed by atoms with Crippen molar-refractivity contribution < 1.29 is 34.5 Å². The second-order valence-corrected chi connectivity index (χ2v) is 8.60. The number of carboxylic acids is 2. The number of hydrogen-bond donors (Lipinski definition) is 7. The van der Waals surface area contributed by atoms with Gasteiger partial charge in [-0.15, -0.1) is 0 Å². The number of Topliss-reactive ketones (excluding diaryl/α,β-unsaturated/α-hetero) is 1. The van der Waals surface area contributed by atoms with E-state index in [-0.39, 0.29) is 45.8 Å². The molecule has 1 heterocycles. The smallest absolute Gasteiger partial charge is 0.335 e. The highest BCUT2D eigenvalue weighted by Crippen LogP contribution is 2.26. The maximum atomic E-state index is 13.6. The lowest BCUT2D eigenvalue weighted by Gasteiger charge is -2.30. The number of aliphatic imine (C=N–C) groups is 1. The first-order chi connectivity index (χ1) is 18.4. The second kappa shape index (κ2) is 12.0. The molecule has 3 rings (SSSR count). The van der Waals surface area contributed by atoms with Crippen LogP contribution in [0.2, 0.25) is 0 Å². The van der Waals surface area contributed by atoms with Gasteiger partial charge in [0.05, 0.1) is 24.7 Å². The minimum atomic E-state index is -2.10. The summed E-state index contributed by atoms with van der Waals surface area (Å²) in [5, 5.41) is 29.8. The number of imidazole rings is 1. The molecule has 15 heteroatoms. The number of ketones is 1. The fourth-order valence-corrected chi connectivity index (χ4v) is 4.05. The summed E-state index contributed by atoms with van der Waals surface area (Å²) in [5.74, 6) is -5.69. The lowest BCUT2D eigenvalue weighted by atomic mass is 10.00. The van der Waals surface area contributed by atoms with Crippen molar-refractivity contribution in [1.29, 1.82) is 0 Å². The molecule has 10 N–H and O–H groups in total. The normalized spacial score (nSPS) is 12.2. The molecule has 0 unspecified atom stereocenters. The van der Waals surface area contributed by atoms with E-state index in [1.807, 2.05) is 0 Å². The Kier molecular flexibility index (Phi) is 8.80. The molecule has 39 heavy (non-hydrogen) atoms. The van der Waals surface area contributed by atoms with Crippen LogP contribution in [0, 0.1) is 4.77 Å². The van der Waals surface area contributed by atoms with Gasteiger partial charge in [-0.3, -0.25) is 23.9 Å². The predicted molar refractivity (Wildman–Crippen MR) is 142 cm³/mol. The van der Waals surface area contributed by atoms with Gasteiger partial charge in [0.1, 0.15) is 5.69 Å². The van der Waals surface area contributed by atoms with E-state index in [9.17, 15) is 29.4 Å². The summed E-state index contributed by atoms with van der Waals surface area (Å²) < 4.78 is 1.22. The number of carbonyl (C=O) groups is 4. The van der Waals surface area contributed by atoms with Crippen molar-refractivity contribution in [2.45, 2.75) is 25.0 Å². The van der Waals surface area contributed by atoms with Crippen molar-refractivity contribution in [1.82, 2.24) is 9.55 Å². The maximum Gasteiger partial charge on any atom is 0.335 e. The van der Waals surface area contributed by atoms with Crippen LogP contribution in [-0.2, 0) is 20.9 Å². The number of rotatable bonds is 11. The number of nitrogens with zero attached hydrogens (tertiary/aromatic N) is 3. The van der Waals surface area contributed by atoms with Crippen LogP contribution in [-0.4, -0.2) is 66.5 Å². The number of H-pyrrole nitrogens is 1. The molecular formula is C24H25N7O7S. The van der Waals surface area contributed by atoms with Crippen LogP contribution in [0.3, 0.4) is 0 Å². The summed E-state index contributed by atoms with van der Waals surface area (Å²) in [5.41, 5.74) is 16.7. The molecule has 2 aromatic carbocycles. The van der Waals surface area contributed by atoms with Crippen molar-refractivity contribution >= 4 is 47.5 Å². The molecule has 1 aromatic heterocycles. The third kappa shape index (κ3) is 6.46. The number of aromatic amines is 1. The number of anilines is 1. The van der Waals surface area contributed by atoms with E-state index >= 15 is 0 Å². The minimum absolute atomic E-state index is 0.0233. The minimum Gasteiger partial charge on any atom is -0.493 e. The summed E-state index contributed by atoms with van der Waals surface area (Å²) in [6.45, 7) is -0.116. The first-order valence-electron chi connectivity index (χ1n) is 11.2. The van der Waals surface area contributed by atoms with Crippen LogP contribution in [0.25, 0.3) is 5.69 Å². The summed E-state index contributed by atoms with van der Waals surface area (Å²) >= 11 is 5.27. The Bertz CT molecular complexity index is 1500. The van der Waals surface area contributed by atoms with Gasteiger partial charge >= 0.3 is 11.9 Å². The van der Waals surface area contributed by atoms with Gasteiger partial charge in [0.25, 0.3) is 0 Å². The summed E-state index contributed by atoms with van der Waals surface area (Å²) in [4.78, 5) is 57.6. The molecule has 14 nitrogen and oxygen atoms in total. The van der Waals surface area contributed by atoms with E-state index in [1.165, 1.54) is 53.1 Å². The van der Waals surface area contributed by atoms with E-state index in [2.05, 4.69) is 9.98 Å². The Labute approximate surface area is 226 Å². The van der Waals surface area contributed by atoms with Gasteiger partial charge in [-0.1, -0.05) is 30.3 Å². The number of aliphatic carboxylic acids is 2. The topological polar surface area (TPSA) is 243 Å². The molecule has 0 bridgehead atoms. The number of hydrogen-bond acceptors (Lipinski definition) is 8. The Morgan fingerprint density at radius 3 is 2.31 bits per heavy atom. The zero-order valence-electron chi connectivity index (χ0n) is 20.2. The highest BCUT2D eigenvalue weighted by Gasteiger charge is 2.40. The number of nitrogens with two attached hydrogens (primary N) is 3. The van der Waals surface area contributed by atoms with Gasteiger partial charge in [-0.2, -0.15) is 0 Å². The molecule has 0 aliphatic carbocycles. The van der Waals surface area contributed by atoms with Crippen molar-refractivity contribution in [2.24, 2.45) is 22.2 Å². The molecule has 0 aliphatic rings. The zero-order valence-corrected chi connectivity index (χ0v) is 21.0. The third-order valence-electron chi connectivity index (χ3n) is 5.48. The molecule has 0 fully saturated rings. The number of benzene rings is 2. The number of aromatic hydroxyl groups is 1. The van der Waals surface area contributed by atoms with Crippen LogP contribution in [0.5, 0.6) is 5.88 Å². The quantitative estimate of drug-likeness (QED) is 0.0564. The number of aromatic nitrogens is 2. The molecule has 0 saturated heterocycles. The van der Waals surface area contributed by atoms with Crippen LogP contribution >= 0.6 is 12.2 Å². The standard InChI is InChI=1S/C24H25N7O7S/c25-15(10-17(32)33)20(35)30(13-6-2-1-3-7-13)18(22(37)38)19(34)12-5-4-8-14(9-12)31-21(36)16(29-24(31)39)11-28-23(26)27/h1-9,15,18,36H,10-11,25H2,(H,29,39)(H,32,33)(H,37,38)(H4,26,27,28)/t15-,18-/m0/s1. The van der Waals surface area contributed by atoms with E-state index < -0.39 is 42.1 Å². The Hall–Kier alpha value is -5.02. The highest BCUT2D eigenvalue weighted by molar-refractivity contribution is 7.71. The average Bonchev–Trinajstić information content (AvgIpc) is 3.17. The molecule has 0 saturated carbocycles. The van der Waals surface area contributed by atoms with Gasteiger partial charge in [-0.05, 0) is 36.5 Å². The molecular weight excluding hydrogens is 530 g/mol. The predicted octanol–water partition coefficient (Wildman–Crippen LogP) is 0.485. The van der Waals surface area contributed by atoms with Crippen molar-refractivity contribution in [3.8, 4) is 11.6 Å². The molecule has 1 amide bonds. The van der Waals surface area contributed by atoms with Gasteiger partial charge in [-0.25, -0.2) is 9.79 Å². The SMILES string of the molecule is NC(N)=NCc1[nH]c(=S)n(-c2cccc(C(=O)[C@@H](C(=O)O)N(C(=O)[C@@H](N)CC(=O)O)c3ccccc3)c2)c1O. The average molecular weight is 556 g/mol. The number of nitrogens with one attached hydrogen (secondary N) is 1. The van der Waals surface area contributed by atoms with E-state index in [1.54, 1.807) is 6.07 Å². The van der Waals surface area contributed by atoms with Gasteiger partial charge in [0.15, 0.2) is 22.6 Å². The molecule has 2 atom stereocenters. The fraction of sp³-hybridized carbons (Fsp3) is 0.167. The number of carbonyl (C=O) groups excluding carboxylic acids is 2. The molecule has 204 valence electrons. The van der Waals surface area contributed by atoms with Crippen LogP contribution < -0.4 is 22.1 Å². The second-order valence-electron chi connectivity index (χ2n) is 8.21. The lowest BCUT2D eigenvalue weighted by molar-refractivity contribution is -0.140. The lowest BCUT2D eigenvalue weighted by Crippen LogP contribution is -2.55. The van der Waals surface area contributed by atoms with E-state index in [0.29, 0.717) is 4.90 Å². The van der Waals surface area contributed by atoms with Crippen LogP contribution in [0.1, 0.15) is 22.5 Å². The fourth-order valence-electron chi connectivity index (χ4n) is 3.73. The number of guanidine groups is 1. The molecule has 0 aliphatic heterocycles. The van der Waals surface area contributed by atoms with Gasteiger partial charge in [0.2, 0.25) is 11.8 Å². The van der Waals surface area contributed by atoms with Crippen LogP contribution in [0.15, 0.2) is 59.6 Å². The maximum absolute atomic E-state index is 13.6. The van der Waals surface area contributed by atoms with Crippen molar-refractivity contribution in [3.63, 3.8) is 0 Å². The zero-order chi connectivity index (χ0) is 28.9. The number of carboxylic acid groups (broad SMARTS) is 2. The van der Waals surface area contributed by atoms with E-state index in [0.717, 1.165) is 0 Å². The highest BCUT2D eigenvalue weighted by atomic mass is 32.1. The first-order valence-corrected chi connectivity index (χ1v) is 11.6. The Balaban J connectivity index is 2.08. The summed E-state index contributed by atoms with van der Waals surface area (Å²) in [7, 11) is 0. The third-order valence-corrected chi connectivity index (χ3v) is 5.76. The van der Waals surface area contributed by atoms with E-state index in [4.69, 9.17) is 34.5 Å². The van der Waals surface area contributed by atoms with Gasteiger partial charge < -0.3 is 37.5 Å². The summed E-state index contributed by atoms with van der Waals surface area (Å²) in [6.07, 6.45) is -0.786. The van der Waals surface area contributed by atoms with Crippen molar-refractivity contribution in [2.75, 3.05) is 4.90 Å². The largest absolute Gasteiger partial charge is 0.493 e. The molecule has 0 spiro atoms. The monoisotopic (exact) mass is 555 g/mol. The summed E-state index contributed by atoms with van der Waals surface area (Å²) in [6, 6.07) is 9.22. The van der Waals surface area contributed by atoms with Gasteiger partial charge in [0, 0.05) is 11.3 Å². The molecule has 0 radical (unpaired) electrons. The Morgan fingerprint density at radius 2 is 1.72 bits per heavy atom. The first kappa shape index (κ1) is 28.5. The van der Waals surface area contributed by atoms with Crippen molar-refractivity contribution in [3.05, 3.63) is 70.6 Å². The molecule has 3 aromatic rings. The number of para-hydroxylation sites is 1. The Morgan fingerprint density at radius 1 is 1.05 bits per heavy atom. The van der Waals surface area contributed by atoms with Crippen LogP contribution in [0.4, 0.5) is 5.69 Å². The number of amides is 1.